The number of nitrogens with one attached hydrogen (secondary N) is 1. The Hall–Kier alpha value is -2.25. The van der Waals surface area contributed by atoms with Crippen LogP contribution in [0.15, 0.2) is 48.5 Å². The molecule has 0 spiro atoms. The van der Waals surface area contributed by atoms with E-state index in [2.05, 4.69) is 5.32 Å². The van der Waals surface area contributed by atoms with Gasteiger partial charge >= 0.3 is 0 Å². The molecule has 0 bridgehead atoms. The third-order valence-electron chi connectivity index (χ3n) is 3.68. The van der Waals surface area contributed by atoms with Gasteiger partial charge in [0.15, 0.2) is 0 Å². The van der Waals surface area contributed by atoms with Crippen molar-refractivity contribution in [3.05, 3.63) is 65.5 Å². The Kier molecular flexibility index (Phi) is 6.27. The molecule has 0 fully saturated rings. The summed E-state index contributed by atoms with van der Waals surface area (Å²) in [6.07, 6.45) is 1.23. The van der Waals surface area contributed by atoms with Gasteiger partial charge in [-0.15, -0.1) is 0 Å². The average molecular weight is 364 g/mol. The van der Waals surface area contributed by atoms with Crippen molar-refractivity contribution in [3.63, 3.8) is 0 Å². The van der Waals surface area contributed by atoms with Crippen molar-refractivity contribution in [2.45, 2.75) is 13.3 Å². The standard InChI is InChI=1S/C18H21FN2O3S/c1-14-6-5-8-16(12-14)20-18(22)13-21(25(2,23)24)11-10-15-7-3-4-9-17(15)19/h3-9,12H,10-11,13H2,1-2H3,(H,20,22). The van der Waals surface area contributed by atoms with Crippen LogP contribution in [0.4, 0.5) is 10.1 Å². The first-order valence-corrected chi connectivity index (χ1v) is 9.65. The van der Waals surface area contributed by atoms with E-state index in [1.807, 2.05) is 13.0 Å². The van der Waals surface area contributed by atoms with Crippen LogP contribution in [0, 0.1) is 12.7 Å². The van der Waals surface area contributed by atoms with Gasteiger partial charge in [-0.3, -0.25) is 4.79 Å². The second-order valence-corrected chi connectivity index (χ2v) is 7.84. The van der Waals surface area contributed by atoms with Crippen LogP contribution in [-0.4, -0.2) is 38.0 Å². The molecule has 1 amide bonds. The summed E-state index contributed by atoms with van der Waals surface area (Å²) < 4.78 is 38.6. The number of benzene rings is 2. The van der Waals surface area contributed by atoms with E-state index in [0.29, 0.717) is 11.3 Å². The lowest BCUT2D eigenvalue weighted by Crippen LogP contribution is -2.38. The maximum absolute atomic E-state index is 13.7. The molecule has 2 aromatic carbocycles. The quantitative estimate of drug-likeness (QED) is 0.821. The highest BCUT2D eigenvalue weighted by Gasteiger charge is 2.20. The Morgan fingerprint density at radius 2 is 1.88 bits per heavy atom. The lowest BCUT2D eigenvalue weighted by Gasteiger charge is -2.19. The number of rotatable bonds is 7. The van der Waals surface area contributed by atoms with Crippen LogP contribution in [-0.2, 0) is 21.2 Å². The van der Waals surface area contributed by atoms with E-state index in [-0.39, 0.29) is 25.3 Å². The summed E-state index contributed by atoms with van der Waals surface area (Å²) in [7, 11) is -3.59. The number of anilines is 1. The van der Waals surface area contributed by atoms with Crippen LogP contribution in [0.2, 0.25) is 0 Å². The highest BCUT2D eigenvalue weighted by atomic mass is 32.2. The minimum Gasteiger partial charge on any atom is -0.325 e. The van der Waals surface area contributed by atoms with E-state index in [0.717, 1.165) is 16.1 Å². The molecule has 7 heteroatoms. The molecule has 0 saturated heterocycles. The summed E-state index contributed by atoms with van der Waals surface area (Å²) in [6.45, 7) is 1.61. The molecule has 0 saturated carbocycles. The molecule has 25 heavy (non-hydrogen) atoms. The first kappa shape index (κ1) is 19.1. The summed E-state index contributed by atoms with van der Waals surface area (Å²) >= 11 is 0. The van der Waals surface area contributed by atoms with Crippen molar-refractivity contribution < 1.29 is 17.6 Å². The number of sulfonamides is 1. The molecule has 0 radical (unpaired) electrons. The van der Waals surface area contributed by atoms with Crippen molar-refractivity contribution in [3.8, 4) is 0 Å². The first-order chi connectivity index (χ1) is 11.8. The van der Waals surface area contributed by atoms with Crippen LogP contribution in [0.25, 0.3) is 0 Å². The molecular formula is C18H21FN2O3S. The predicted octanol–water partition coefficient (Wildman–Crippen LogP) is 2.58. The van der Waals surface area contributed by atoms with Crippen molar-refractivity contribution in [2.24, 2.45) is 0 Å². The van der Waals surface area contributed by atoms with Gasteiger partial charge in [0.25, 0.3) is 0 Å². The minimum absolute atomic E-state index is 0.0288. The van der Waals surface area contributed by atoms with Gasteiger partial charge in [0.05, 0.1) is 12.8 Å². The number of carbonyl (C=O) groups excluding carboxylic acids is 1. The number of hydrogen-bond donors (Lipinski definition) is 1. The molecule has 1 N–H and O–H groups in total. The molecule has 0 aliphatic carbocycles. The Morgan fingerprint density at radius 3 is 2.52 bits per heavy atom. The van der Waals surface area contributed by atoms with Gasteiger partial charge in [-0.05, 0) is 42.7 Å². The minimum atomic E-state index is -3.59. The van der Waals surface area contributed by atoms with E-state index < -0.39 is 15.9 Å². The molecule has 0 heterocycles. The monoisotopic (exact) mass is 364 g/mol. The SMILES string of the molecule is Cc1cccc(NC(=O)CN(CCc2ccccc2F)S(C)(=O)=O)c1. The van der Waals surface area contributed by atoms with Crippen LogP contribution >= 0.6 is 0 Å². The fourth-order valence-electron chi connectivity index (χ4n) is 2.39. The van der Waals surface area contributed by atoms with Crippen molar-refractivity contribution >= 4 is 21.6 Å². The van der Waals surface area contributed by atoms with Gasteiger partial charge in [0.2, 0.25) is 15.9 Å². The number of hydrogen-bond acceptors (Lipinski definition) is 3. The van der Waals surface area contributed by atoms with Crippen LogP contribution in [0.3, 0.4) is 0 Å². The highest BCUT2D eigenvalue weighted by Crippen LogP contribution is 2.11. The van der Waals surface area contributed by atoms with E-state index in [1.54, 1.807) is 36.4 Å². The lowest BCUT2D eigenvalue weighted by molar-refractivity contribution is -0.116. The van der Waals surface area contributed by atoms with E-state index in [9.17, 15) is 17.6 Å². The largest absolute Gasteiger partial charge is 0.325 e. The molecule has 5 nitrogen and oxygen atoms in total. The van der Waals surface area contributed by atoms with Crippen LogP contribution in [0.1, 0.15) is 11.1 Å². The number of halogens is 1. The maximum atomic E-state index is 13.7. The summed E-state index contributed by atoms with van der Waals surface area (Å²) in [5, 5.41) is 2.68. The zero-order valence-corrected chi connectivity index (χ0v) is 15.0. The van der Waals surface area contributed by atoms with Crippen LogP contribution in [0.5, 0.6) is 0 Å². The molecule has 0 unspecified atom stereocenters. The summed E-state index contributed by atoms with van der Waals surface area (Å²) in [4.78, 5) is 12.2. The molecule has 2 rings (SSSR count). The van der Waals surface area contributed by atoms with E-state index >= 15 is 0 Å². The summed E-state index contributed by atoms with van der Waals surface area (Å²) in [5.74, 6) is -0.829. The van der Waals surface area contributed by atoms with Gasteiger partial charge in [-0.2, -0.15) is 4.31 Å². The number of aryl methyl sites for hydroxylation is 1. The van der Waals surface area contributed by atoms with Crippen molar-refractivity contribution in [1.82, 2.24) is 4.31 Å². The molecule has 2 aromatic rings. The topological polar surface area (TPSA) is 66.5 Å². The van der Waals surface area contributed by atoms with E-state index in [4.69, 9.17) is 0 Å². The molecule has 0 aliphatic rings. The number of carbonyl (C=O) groups is 1. The maximum Gasteiger partial charge on any atom is 0.239 e. The zero-order valence-electron chi connectivity index (χ0n) is 14.2. The molecule has 0 aliphatic heterocycles. The fraction of sp³-hybridized carbons (Fsp3) is 0.278. The van der Waals surface area contributed by atoms with Gasteiger partial charge in [-0.25, -0.2) is 12.8 Å². The Morgan fingerprint density at radius 1 is 1.16 bits per heavy atom. The highest BCUT2D eigenvalue weighted by molar-refractivity contribution is 7.88. The Labute approximate surface area is 147 Å². The molecule has 134 valence electrons. The molecule has 0 atom stereocenters. The predicted molar refractivity (Wildman–Crippen MR) is 96.3 cm³/mol. The Bertz CT molecular complexity index is 853. The average Bonchev–Trinajstić information content (AvgIpc) is 2.51. The number of amides is 1. The first-order valence-electron chi connectivity index (χ1n) is 7.81. The van der Waals surface area contributed by atoms with Gasteiger partial charge in [0, 0.05) is 12.2 Å². The van der Waals surface area contributed by atoms with Crippen LogP contribution < -0.4 is 5.32 Å². The normalized spacial score (nSPS) is 11.5. The second-order valence-electron chi connectivity index (χ2n) is 5.86. The Balaban J connectivity index is 2.03. The van der Waals surface area contributed by atoms with E-state index in [1.165, 1.54) is 6.07 Å². The number of nitrogens with zero attached hydrogens (tertiary/aromatic N) is 1. The van der Waals surface area contributed by atoms with Gasteiger partial charge < -0.3 is 5.32 Å². The van der Waals surface area contributed by atoms with Crippen molar-refractivity contribution in [1.29, 1.82) is 0 Å². The van der Waals surface area contributed by atoms with Gasteiger partial charge in [-0.1, -0.05) is 30.3 Å². The summed E-state index contributed by atoms with van der Waals surface area (Å²) in [5.41, 5.74) is 2.00. The molecule has 0 aromatic heterocycles. The third kappa shape index (κ3) is 5.95. The summed E-state index contributed by atoms with van der Waals surface area (Å²) in [6, 6.07) is 13.4. The molecular weight excluding hydrogens is 343 g/mol. The second kappa shape index (κ2) is 8.22. The zero-order chi connectivity index (χ0) is 18.4. The fourth-order valence-corrected chi connectivity index (χ4v) is 3.17. The van der Waals surface area contributed by atoms with Gasteiger partial charge in [0.1, 0.15) is 5.82 Å². The smallest absolute Gasteiger partial charge is 0.239 e. The van der Waals surface area contributed by atoms with Crippen molar-refractivity contribution in [2.75, 3.05) is 24.7 Å². The lowest BCUT2D eigenvalue weighted by atomic mass is 10.1. The third-order valence-corrected chi connectivity index (χ3v) is 4.93.